The first-order valence-corrected chi connectivity index (χ1v) is 9.16. The Hall–Kier alpha value is -2.67. The molecule has 0 bridgehead atoms. The van der Waals surface area contributed by atoms with E-state index in [4.69, 9.17) is 4.52 Å². The Labute approximate surface area is 149 Å². The first-order chi connectivity index (χ1) is 12.3. The summed E-state index contributed by atoms with van der Waals surface area (Å²) in [6.07, 6.45) is 3.98. The van der Waals surface area contributed by atoms with Crippen molar-refractivity contribution in [3.05, 3.63) is 53.7 Å². The van der Waals surface area contributed by atoms with Crippen LogP contribution in [0.5, 0.6) is 0 Å². The minimum atomic E-state index is -0.211. The van der Waals surface area contributed by atoms with Gasteiger partial charge in [-0.25, -0.2) is 4.98 Å². The summed E-state index contributed by atoms with van der Waals surface area (Å²) in [7, 11) is 0. The monoisotopic (exact) mass is 354 g/mol. The smallest absolute Gasteiger partial charge is 0.273 e. The van der Waals surface area contributed by atoms with Crippen molar-refractivity contribution in [3.63, 3.8) is 0 Å². The molecule has 1 fully saturated rings. The number of nitrogens with one attached hydrogen (secondary N) is 1. The maximum Gasteiger partial charge on any atom is 0.273 e. The van der Waals surface area contributed by atoms with Gasteiger partial charge in [-0.3, -0.25) is 4.79 Å². The van der Waals surface area contributed by atoms with Gasteiger partial charge >= 0.3 is 0 Å². The van der Waals surface area contributed by atoms with Gasteiger partial charge < -0.3 is 14.7 Å². The number of aromatic nitrogens is 2. The fourth-order valence-electron chi connectivity index (χ4n) is 3.08. The molecule has 3 aromatic rings. The number of carbonyl (C=O) groups excluding carboxylic acids is 1. The summed E-state index contributed by atoms with van der Waals surface area (Å²) in [5.74, 6) is 0.382. The molecule has 6 nitrogen and oxygen atoms in total. The Kier molecular flexibility index (Phi) is 4.47. The van der Waals surface area contributed by atoms with Crippen LogP contribution in [0.3, 0.4) is 0 Å². The molecule has 0 spiro atoms. The predicted octanol–water partition coefficient (Wildman–Crippen LogP) is 3.20. The lowest BCUT2D eigenvalue weighted by molar-refractivity contribution is 0.0942. The lowest BCUT2D eigenvalue weighted by Crippen LogP contribution is -2.40. The van der Waals surface area contributed by atoms with Crippen molar-refractivity contribution in [2.24, 2.45) is 0 Å². The summed E-state index contributed by atoms with van der Waals surface area (Å²) in [6, 6.07) is 11.6. The Bertz CT molecular complexity index is 832. The van der Waals surface area contributed by atoms with E-state index in [1.54, 1.807) is 17.4 Å². The summed E-state index contributed by atoms with van der Waals surface area (Å²) < 4.78 is 5.29. The van der Waals surface area contributed by atoms with Crippen LogP contribution in [0.25, 0.3) is 11.3 Å². The van der Waals surface area contributed by atoms with E-state index in [1.165, 1.54) is 0 Å². The number of hydrogen-bond acceptors (Lipinski definition) is 6. The van der Waals surface area contributed by atoms with Crippen LogP contribution in [0.4, 0.5) is 5.13 Å². The van der Waals surface area contributed by atoms with Crippen LogP contribution < -0.4 is 10.2 Å². The van der Waals surface area contributed by atoms with Gasteiger partial charge in [-0.1, -0.05) is 35.5 Å². The summed E-state index contributed by atoms with van der Waals surface area (Å²) in [6.45, 7) is 1.56. The molecule has 1 aliphatic rings. The minimum absolute atomic E-state index is 0.211. The van der Waals surface area contributed by atoms with Crippen LogP contribution in [0.2, 0.25) is 0 Å². The molecule has 0 saturated carbocycles. The first-order valence-electron chi connectivity index (χ1n) is 8.28. The number of hydrogen-bond donors (Lipinski definition) is 1. The Morgan fingerprint density at radius 2 is 2.24 bits per heavy atom. The topological polar surface area (TPSA) is 71.3 Å². The number of nitrogens with zero attached hydrogens (tertiary/aromatic N) is 3. The fraction of sp³-hybridized carbons (Fsp3) is 0.278. The van der Waals surface area contributed by atoms with E-state index in [-0.39, 0.29) is 11.9 Å². The zero-order valence-electron chi connectivity index (χ0n) is 13.6. The van der Waals surface area contributed by atoms with Crippen LogP contribution in [0.1, 0.15) is 23.3 Å². The van der Waals surface area contributed by atoms with Gasteiger partial charge in [0.1, 0.15) is 0 Å². The van der Waals surface area contributed by atoms with Crippen LogP contribution >= 0.6 is 11.3 Å². The Morgan fingerprint density at radius 1 is 1.36 bits per heavy atom. The van der Waals surface area contributed by atoms with Gasteiger partial charge in [0.15, 0.2) is 16.6 Å². The summed E-state index contributed by atoms with van der Waals surface area (Å²) >= 11 is 1.63. The first kappa shape index (κ1) is 15.8. The van der Waals surface area contributed by atoms with Gasteiger partial charge in [0.2, 0.25) is 0 Å². The summed E-state index contributed by atoms with van der Waals surface area (Å²) in [5.41, 5.74) is 1.21. The number of benzene rings is 1. The normalized spacial score (nSPS) is 17.0. The maximum absolute atomic E-state index is 12.4. The third-order valence-corrected chi connectivity index (χ3v) is 5.15. The lowest BCUT2D eigenvalue weighted by Gasteiger charge is -2.23. The molecule has 2 aromatic heterocycles. The maximum atomic E-state index is 12.4. The minimum Gasteiger partial charge on any atom is -0.355 e. The second kappa shape index (κ2) is 7.06. The third kappa shape index (κ3) is 3.41. The predicted molar refractivity (Wildman–Crippen MR) is 96.8 cm³/mol. The molecule has 1 unspecified atom stereocenters. The zero-order valence-corrected chi connectivity index (χ0v) is 14.4. The average Bonchev–Trinajstić information content (AvgIpc) is 3.41. The highest BCUT2D eigenvalue weighted by Gasteiger charge is 2.27. The molecule has 1 aromatic carbocycles. The molecule has 0 radical (unpaired) electrons. The number of rotatable bonds is 5. The summed E-state index contributed by atoms with van der Waals surface area (Å²) in [5, 5.41) is 9.86. The quantitative estimate of drug-likeness (QED) is 0.762. The van der Waals surface area contributed by atoms with Crippen LogP contribution in [0.15, 0.2) is 52.5 Å². The fourth-order valence-corrected chi connectivity index (χ4v) is 3.82. The van der Waals surface area contributed by atoms with E-state index < -0.39 is 0 Å². The third-order valence-electron chi connectivity index (χ3n) is 4.34. The van der Waals surface area contributed by atoms with Gasteiger partial charge in [-0.15, -0.1) is 11.3 Å². The molecule has 1 amide bonds. The van der Waals surface area contributed by atoms with Gasteiger partial charge in [0.25, 0.3) is 5.91 Å². The van der Waals surface area contributed by atoms with Crippen molar-refractivity contribution >= 4 is 22.4 Å². The van der Waals surface area contributed by atoms with E-state index in [0.29, 0.717) is 18.0 Å². The van der Waals surface area contributed by atoms with Crippen molar-refractivity contribution in [1.82, 2.24) is 15.5 Å². The number of amides is 1. The highest BCUT2D eigenvalue weighted by molar-refractivity contribution is 7.13. The highest BCUT2D eigenvalue weighted by Crippen LogP contribution is 2.27. The van der Waals surface area contributed by atoms with Crippen LogP contribution in [0, 0.1) is 0 Å². The van der Waals surface area contributed by atoms with Crippen LogP contribution in [-0.2, 0) is 0 Å². The molecule has 4 rings (SSSR count). The SMILES string of the molecule is O=C(NCC1CCCN1c1nccs1)c1cc(-c2ccccc2)on1. The molecular weight excluding hydrogens is 336 g/mol. The zero-order chi connectivity index (χ0) is 17.1. The van der Waals surface area contributed by atoms with E-state index >= 15 is 0 Å². The average molecular weight is 354 g/mol. The number of carbonyl (C=O) groups is 1. The molecule has 0 aliphatic carbocycles. The summed E-state index contributed by atoms with van der Waals surface area (Å²) in [4.78, 5) is 19.0. The molecule has 1 aliphatic heterocycles. The van der Waals surface area contributed by atoms with Crippen molar-refractivity contribution in [3.8, 4) is 11.3 Å². The van der Waals surface area contributed by atoms with Crippen LogP contribution in [-0.4, -0.2) is 35.2 Å². The largest absolute Gasteiger partial charge is 0.355 e. The molecule has 3 heterocycles. The number of anilines is 1. The van der Waals surface area contributed by atoms with E-state index in [1.807, 2.05) is 41.9 Å². The molecule has 1 saturated heterocycles. The molecule has 1 atom stereocenters. The van der Waals surface area contributed by atoms with Crippen molar-refractivity contribution in [2.75, 3.05) is 18.0 Å². The van der Waals surface area contributed by atoms with E-state index in [9.17, 15) is 4.79 Å². The van der Waals surface area contributed by atoms with Crippen molar-refractivity contribution in [1.29, 1.82) is 0 Å². The second-order valence-corrected chi connectivity index (χ2v) is 6.83. The molecule has 25 heavy (non-hydrogen) atoms. The second-order valence-electron chi connectivity index (χ2n) is 5.96. The van der Waals surface area contributed by atoms with Crippen molar-refractivity contribution < 1.29 is 9.32 Å². The molecular formula is C18H18N4O2S. The van der Waals surface area contributed by atoms with Gasteiger partial charge in [0, 0.05) is 42.3 Å². The highest BCUT2D eigenvalue weighted by atomic mass is 32.1. The molecule has 128 valence electrons. The number of thiazole rings is 1. The van der Waals surface area contributed by atoms with E-state index in [0.717, 1.165) is 30.1 Å². The molecule has 1 N–H and O–H groups in total. The van der Waals surface area contributed by atoms with Gasteiger partial charge in [0.05, 0.1) is 0 Å². The van der Waals surface area contributed by atoms with Gasteiger partial charge in [-0.2, -0.15) is 0 Å². The lowest BCUT2D eigenvalue weighted by atomic mass is 10.1. The Morgan fingerprint density at radius 3 is 3.04 bits per heavy atom. The standard InChI is InChI=1S/C18H18N4O2S/c23-17(15-11-16(24-21-15)13-5-2-1-3-6-13)20-12-14-7-4-9-22(14)18-19-8-10-25-18/h1-3,5-6,8,10-11,14H,4,7,9,12H2,(H,20,23). The van der Waals surface area contributed by atoms with Gasteiger partial charge in [-0.05, 0) is 12.8 Å². The van der Waals surface area contributed by atoms with E-state index in [2.05, 4.69) is 20.4 Å². The molecule has 7 heteroatoms. The van der Waals surface area contributed by atoms with Crippen molar-refractivity contribution in [2.45, 2.75) is 18.9 Å². The Balaban J connectivity index is 1.39.